The van der Waals surface area contributed by atoms with Crippen LogP contribution in [0.1, 0.15) is 6.92 Å². The number of nitrogens with zero attached hydrogens (tertiary/aromatic N) is 2. The number of halogens is 2. The third-order valence-electron chi connectivity index (χ3n) is 3.02. The van der Waals surface area contributed by atoms with E-state index in [2.05, 4.69) is 0 Å². The molecule has 2 amide bonds. The van der Waals surface area contributed by atoms with Crippen LogP contribution in [0, 0.1) is 11.8 Å². The first kappa shape index (κ1) is 13.7. The summed E-state index contributed by atoms with van der Waals surface area (Å²) in [4.78, 5) is 24.6. The molecule has 0 spiro atoms. The topological polar surface area (TPSA) is 60.9 Å². The van der Waals surface area contributed by atoms with Gasteiger partial charge in [-0.05, 0) is 0 Å². The maximum atomic E-state index is 12.1. The van der Waals surface area contributed by atoms with Gasteiger partial charge in [-0.15, -0.1) is 0 Å². The summed E-state index contributed by atoms with van der Waals surface area (Å²) in [6, 6.07) is -0.473. The van der Waals surface area contributed by atoms with Gasteiger partial charge in [0.15, 0.2) is 0 Å². The summed E-state index contributed by atoms with van der Waals surface area (Å²) in [6.45, 7) is 1.62. The van der Waals surface area contributed by atoms with Gasteiger partial charge in [-0.25, -0.2) is 13.6 Å². The molecule has 1 atom stereocenters. The first-order valence-electron chi connectivity index (χ1n) is 5.34. The molecule has 5 nitrogen and oxygen atoms in total. The molecule has 1 rings (SSSR count). The number of likely N-dealkylation sites (tertiary alicyclic amines) is 1. The summed E-state index contributed by atoms with van der Waals surface area (Å²) in [7, 11) is 1.31. The Hall–Kier alpha value is -1.40. The molecule has 1 aliphatic heterocycles. The lowest BCUT2D eigenvalue weighted by Crippen LogP contribution is -2.57. The van der Waals surface area contributed by atoms with Crippen LogP contribution in [0.2, 0.25) is 0 Å². The van der Waals surface area contributed by atoms with Gasteiger partial charge < -0.3 is 14.9 Å². The van der Waals surface area contributed by atoms with Crippen LogP contribution < -0.4 is 0 Å². The van der Waals surface area contributed by atoms with Crippen LogP contribution in [0.5, 0.6) is 0 Å². The quantitative estimate of drug-likeness (QED) is 0.808. The Labute approximate surface area is 98.0 Å². The van der Waals surface area contributed by atoms with Gasteiger partial charge in [-0.3, -0.25) is 4.79 Å². The van der Waals surface area contributed by atoms with Crippen molar-refractivity contribution in [3.05, 3.63) is 0 Å². The average Bonchev–Trinajstić information content (AvgIpc) is 2.13. The second-order valence-electron chi connectivity index (χ2n) is 4.35. The zero-order valence-corrected chi connectivity index (χ0v) is 9.77. The first-order valence-corrected chi connectivity index (χ1v) is 5.34. The molecule has 0 aromatic carbocycles. The lowest BCUT2D eigenvalue weighted by molar-refractivity contribution is -0.144. The molecule has 1 fully saturated rings. The number of hydrogen-bond donors (Lipinski definition) is 1. The zero-order chi connectivity index (χ0) is 13.2. The molecule has 1 aliphatic rings. The predicted molar refractivity (Wildman–Crippen MR) is 55.9 cm³/mol. The van der Waals surface area contributed by atoms with Crippen molar-refractivity contribution in [2.24, 2.45) is 11.8 Å². The fourth-order valence-corrected chi connectivity index (χ4v) is 1.71. The Morgan fingerprint density at radius 3 is 2.41 bits per heavy atom. The Balaban J connectivity index is 2.37. The summed E-state index contributed by atoms with van der Waals surface area (Å²) in [5.41, 5.74) is 0. The molecular formula is C10H16F2N2O3. The van der Waals surface area contributed by atoms with Gasteiger partial charge >= 0.3 is 12.0 Å². The van der Waals surface area contributed by atoms with Crippen LogP contribution in [-0.2, 0) is 4.79 Å². The van der Waals surface area contributed by atoms with Crippen molar-refractivity contribution in [1.82, 2.24) is 9.80 Å². The molecule has 0 radical (unpaired) electrons. The van der Waals surface area contributed by atoms with E-state index in [0.717, 1.165) is 4.90 Å². The van der Waals surface area contributed by atoms with Gasteiger partial charge in [-0.1, -0.05) is 6.92 Å². The maximum absolute atomic E-state index is 12.1. The van der Waals surface area contributed by atoms with Crippen molar-refractivity contribution < 1.29 is 23.5 Å². The van der Waals surface area contributed by atoms with Crippen LogP contribution >= 0.6 is 0 Å². The van der Waals surface area contributed by atoms with E-state index in [0.29, 0.717) is 13.1 Å². The molecule has 1 saturated heterocycles. The lowest BCUT2D eigenvalue weighted by atomic mass is 9.87. The van der Waals surface area contributed by atoms with Gasteiger partial charge in [-0.2, -0.15) is 0 Å². The van der Waals surface area contributed by atoms with E-state index < -0.39 is 30.9 Å². The van der Waals surface area contributed by atoms with Gasteiger partial charge in [0.25, 0.3) is 6.43 Å². The molecule has 0 aliphatic carbocycles. The number of aliphatic carboxylic acids is 1. The van der Waals surface area contributed by atoms with E-state index in [-0.39, 0.29) is 5.92 Å². The number of carbonyl (C=O) groups excluding carboxylic acids is 1. The minimum Gasteiger partial charge on any atom is -0.481 e. The molecule has 0 saturated carbocycles. The van der Waals surface area contributed by atoms with E-state index in [4.69, 9.17) is 5.11 Å². The number of urea groups is 1. The average molecular weight is 250 g/mol. The molecular weight excluding hydrogens is 234 g/mol. The number of carbonyl (C=O) groups is 2. The third-order valence-corrected chi connectivity index (χ3v) is 3.02. The fraction of sp³-hybridized carbons (Fsp3) is 0.800. The van der Waals surface area contributed by atoms with Gasteiger partial charge in [0, 0.05) is 26.1 Å². The van der Waals surface area contributed by atoms with Crippen molar-refractivity contribution >= 4 is 12.0 Å². The summed E-state index contributed by atoms with van der Waals surface area (Å²) < 4.78 is 24.1. The molecule has 0 aromatic heterocycles. The molecule has 98 valence electrons. The largest absolute Gasteiger partial charge is 0.481 e. The van der Waals surface area contributed by atoms with Gasteiger partial charge in [0.1, 0.15) is 0 Å². The van der Waals surface area contributed by atoms with Crippen molar-refractivity contribution in [2.75, 3.05) is 26.7 Å². The molecule has 0 aromatic rings. The first-order chi connectivity index (χ1) is 7.82. The summed E-state index contributed by atoms with van der Waals surface area (Å²) in [5, 5.41) is 8.76. The number of amides is 2. The minimum atomic E-state index is -2.56. The van der Waals surface area contributed by atoms with Crippen LogP contribution in [-0.4, -0.2) is 60.0 Å². The minimum absolute atomic E-state index is 0.0867. The van der Waals surface area contributed by atoms with Crippen molar-refractivity contribution in [2.45, 2.75) is 13.3 Å². The number of rotatable bonds is 4. The van der Waals surface area contributed by atoms with Crippen molar-refractivity contribution in [3.63, 3.8) is 0 Å². The number of hydrogen-bond acceptors (Lipinski definition) is 2. The second-order valence-corrected chi connectivity index (χ2v) is 4.35. The van der Waals surface area contributed by atoms with E-state index in [9.17, 15) is 18.4 Å². The Morgan fingerprint density at radius 2 is 2.00 bits per heavy atom. The molecule has 7 heteroatoms. The molecule has 17 heavy (non-hydrogen) atoms. The second kappa shape index (κ2) is 5.29. The van der Waals surface area contributed by atoms with Crippen molar-refractivity contribution in [3.8, 4) is 0 Å². The highest BCUT2D eigenvalue weighted by Gasteiger charge is 2.38. The summed E-state index contributed by atoms with van der Waals surface area (Å²) >= 11 is 0. The normalized spacial score (nSPS) is 17.8. The predicted octanol–water partition coefficient (Wildman–Crippen LogP) is 0.956. The summed E-state index contributed by atoms with van der Waals surface area (Å²) in [6.07, 6.45) is -2.56. The Bertz CT molecular complexity index is 306. The highest BCUT2D eigenvalue weighted by molar-refractivity contribution is 5.76. The lowest BCUT2D eigenvalue weighted by Gasteiger charge is -2.42. The standard InChI is InChI=1S/C10H16F2N2O3/c1-6(9(15)16)7-3-14(4-7)10(17)13(2)5-8(11)12/h6-8H,3-5H2,1-2H3,(H,15,16). The Morgan fingerprint density at radius 1 is 1.47 bits per heavy atom. The van der Waals surface area contributed by atoms with E-state index >= 15 is 0 Å². The fourth-order valence-electron chi connectivity index (χ4n) is 1.71. The van der Waals surface area contributed by atoms with Crippen LogP contribution in [0.3, 0.4) is 0 Å². The number of carboxylic acid groups (broad SMARTS) is 1. The maximum Gasteiger partial charge on any atom is 0.319 e. The number of alkyl halides is 2. The molecule has 1 N–H and O–H groups in total. The van der Waals surface area contributed by atoms with Crippen LogP contribution in [0.25, 0.3) is 0 Å². The van der Waals surface area contributed by atoms with E-state index in [1.54, 1.807) is 6.92 Å². The van der Waals surface area contributed by atoms with E-state index in [1.807, 2.05) is 0 Å². The van der Waals surface area contributed by atoms with Crippen molar-refractivity contribution in [1.29, 1.82) is 0 Å². The van der Waals surface area contributed by atoms with Gasteiger partial charge in [0.05, 0.1) is 12.5 Å². The summed E-state index contributed by atoms with van der Waals surface area (Å²) in [5.74, 6) is -1.50. The molecule has 1 heterocycles. The van der Waals surface area contributed by atoms with E-state index in [1.165, 1.54) is 11.9 Å². The van der Waals surface area contributed by atoms with Crippen LogP contribution in [0.4, 0.5) is 13.6 Å². The highest BCUT2D eigenvalue weighted by atomic mass is 19.3. The van der Waals surface area contributed by atoms with Crippen LogP contribution in [0.15, 0.2) is 0 Å². The SMILES string of the molecule is CC(C(=O)O)C1CN(C(=O)N(C)CC(F)F)C1. The third kappa shape index (κ3) is 3.28. The monoisotopic (exact) mass is 250 g/mol. The van der Waals surface area contributed by atoms with Gasteiger partial charge in [0.2, 0.25) is 0 Å². The zero-order valence-electron chi connectivity index (χ0n) is 9.77. The molecule has 1 unspecified atom stereocenters. The smallest absolute Gasteiger partial charge is 0.319 e. The molecule has 0 bridgehead atoms. The number of carboxylic acids is 1. The Kier molecular flexibility index (Phi) is 4.25. The highest BCUT2D eigenvalue weighted by Crippen LogP contribution is 2.24.